The zero-order chi connectivity index (χ0) is 36.7. The van der Waals surface area contributed by atoms with Gasteiger partial charge in [-0.1, -0.05) is 13.8 Å². The standard InChI is InChI=1S/C34H46O14/c1-16-27(43-19(4)36)13-26-30(46-22(7)39)12-25(15-42-18(3)35)29(45-21(6)38)14-28(44-20(5)37)17(2)32(47-23(8)40)33(48-24(9)41)31(16)34(26,10)11/h12,26-30,33H,13-15H2,1-11H3/b25-12+,32-17-. The molecular weight excluding hydrogens is 632 g/mol. The summed E-state index contributed by atoms with van der Waals surface area (Å²) >= 11 is 0. The molecule has 2 bridgehead atoms. The molecule has 2 aliphatic rings. The fourth-order valence-electron chi connectivity index (χ4n) is 6.33. The highest BCUT2D eigenvalue weighted by atomic mass is 16.6. The Labute approximate surface area is 280 Å². The molecule has 0 spiro atoms. The summed E-state index contributed by atoms with van der Waals surface area (Å²) in [6.45, 7) is 14.6. The van der Waals surface area contributed by atoms with Gasteiger partial charge in [-0.2, -0.15) is 0 Å². The SMILES string of the molecule is CC(=O)OC/C1=C\C(OC(C)=O)C2CC(OC(C)=O)C(C)=C(C(OC(C)=O)/C(OC(C)=O)=C(\C)C(OC(C)=O)CC1OC(C)=O)C2(C)C. The molecular formula is C34H46O14. The van der Waals surface area contributed by atoms with E-state index in [1.807, 2.05) is 0 Å². The highest BCUT2D eigenvalue weighted by Crippen LogP contribution is 2.52. The lowest BCUT2D eigenvalue weighted by atomic mass is 9.60. The summed E-state index contributed by atoms with van der Waals surface area (Å²) in [7, 11) is 0. The molecule has 0 aromatic rings. The predicted octanol–water partition coefficient (Wildman–Crippen LogP) is 3.74. The minimum atomic E-state index is -1.42. The van der Waals surface area contributed by atoms with Gasteiger partial charge in [-0.3, -0.25) is 33.6 Å². The third-order valence-electron chi connectivity index (χ3n) is 8.19. The molecule has 6 unspecified atom stereocenters. The minimum absolute atomic E-state index is 0.115. The van der Waals surface area contributed by atoms with Crippen molar-refractivity contribution in [2.24, 2.45) is 11.3 Å². The van der Waals surface area contributed by atoms with E-state index in [4.69, 9.17) is 33.2 Å². The Kier molecular flexibility index (Phi) is 13.7. The summed E-state index contributed by atoms with van der Waals surface area (Å²) in [6.07, 6.45) is -4.63. The van der Waals surface area contributed by atoms with E-state index in [2.05, 4.69) is 0 Å². The highest BCUT2D eigenvalue weighted by Gasteiger charge is 2.51. The number of hydrogen-bond acceptors (Lipinski definition) is 14. The summed E-state index contributed by atoms with van der Waals surface area (Å²) in [5.74, 6) is -5.90. The van der Waals surface area contributed by atoms with E-state index in [-0.39, 0.29) is 29.7 Å². The van der Waals surface area contributed by atoms with Gasteiger partial charge in [0.05, 0.1) is 0 Å². The predicted molar refractivity (Wildman–Crippen MR) is 166 cm³/mol. The van der Waals surface area contributed by atoms with E-state index in [1.54, 1.807) is 20.8 Å². The topological polar surface area (TPSA) is 184 Å². The van der Waals surface area contributed by atoms with Crippen LogP contribution in [-0.2, 0) is 66.7 Å². The number of carbonyl (C=O) groups excluding carboxylic acids is 7. The number of hydrogen-bond donors (Lipinski definition) is 0. The Morgan fingerprint density at radius 2 is 1.10 bits per heavy atom. The van der Waals surface area contributed by atoms with E-state index in [9.17, 15) is 33.6 Å². The van der Waals surface area contributed by atoms with Gasteiger partial charge in [0, 0.05) is 72.0 Å². The molecule has 0 saturated carbocycles. The summed E-state index contributed by atoms with van der Waals surface area (Å²) in [4.78, 5) is 87.1. The van der Waals surface area contributed by atoms with Crippen LogP contribution in [-0.4, -0.2) is 78.9 Å². The number of carbonyl (C=O) groups is 7. The van der Waals surface area contributed by atoms with Gasteiger partial charge in [-0.05, 0) is 42.9 Å². The summed E-state index contributed by atoms with van der Waals surface area (Å²) in [5, 5.41) is 0. The maximum Gasteiger partial charge on any atom is 0.307 e. The molecule has 14 heteroatoms. The van der Waals surface area contributed by atoms with Crippen LogP contribution >= 0.6 is 0 Å². The van der Waals surface area contributed by atoms with Crippen molar-refractivity contribution in [2.45, 2.75) is 120 Å². The second-order valence-electron chi connectivity index (χ2n) is 12.4. The first-order valence-corrected chi connectivity index (χ1v) is 15.5. The Balaban J connectivity index is 3.25. The smallest absolute Gasteiger partial charge is 0.307 e. The van der Waals surface area contributed by atoms with Crippen LogP contribution in [0.25, 0.3) is 0 Å². The lowest BCUT2D eigenvalue weighted by Crippen LogP contribution is -2.49. The van der Waals surface area contributed by atoms with Crippen molar-refractivity contribution >= 4 is 41.8 Å². The fourth-order valence-corrected chi connectivity index (χ4v) is 6.33. The second kappa shape index (κ2) is 16.6. The van der Waals surface area contributed by atoms with Gasteiger partial charge >= 0.3 is 41.8 Å². The Morgan fingerprint density at radius 3 is 1.56 bits per heavy atom. The molecule has 0 amide bonds. The lowest BCUT2D eigenvalue weighted by Gasteiger charge is -2.48. The maximum absolute atomic E-state index is 12.7. The van der Waals surface area contributed by atoms with E-state index >= 15 is 0 Å². The average molecular weight is 679 g/mol. The zero-order valence-electron chi connectivity index (χ0n) is 29.4. The van der Waals surface area contributed by atoms with Crippen molar-refractivity contribution in [3.8, 4) is 0 Å². The molecule has 0 aromatic carbocycles. The van der Waals surface area contributed by atoms with Crippen LogP contribution in [0.3, 0.4) is 0 Å². The van der Waals surface area contributed by atoms with Crippen molar-refractivity contribution in [3.63, 3.8) is 0 Å². The number of ether oxygens (including phenoxy) is 7. The van der Waals surface area contributed by atoms with Crippen LogP contribution in [0, 0.1) is 11.3 Å². The first kappa shape index (κ1) is 39.7. The van der Waals surface area contributed by atoms with Crippen LogP contribution in [0.1, 0.15) is 89.0 Å². The molecule has 0 saturated heterocycles. The van der Waals surface area contributed by atoms with Gasteiger partial charge in [-0.15, -0.1) is 0 Å². The van der Waals surface area contributed by atoms with E-state index < -0.39 is 90.2 Å². The quantitative estimate of drug-likeness (QED) is 0.205. The molecule has 2 aliphatic carbocycles. The monoisotopic (exact) mass is 678 g/mol. The zero-order valence-corrected chi connectivity index (χ0v) is 29.4. The number of fused-ring (bicyclic) bond motifs is 2. The van der Waals surface area contributed by atoms with Gasteiger partial charge in [0.2, 0.25) is 0 Å². The van der Waals surface area contributed by atoms with Gasteiger partial charge in [0.15, 0.2) is 11.9 Å². The fraction of sp³-hybridized carbons (Fsp3) is 0.618. The molecule has 0 aliphatic heterocycles. The Hall–Kier alpha value is -4.49. The normalized spacial score (nSPS) is 28.2. The van der Waals surface area contributed by atoms with Gasteiger partial charge in [-0.25, -0.2) is 0 Å². The molecule has 48 heavy (non-hydrogen) atoms. The maximum atomic E-state index is 12.7. The average Bonchev–Trinajstić information content (AvgIpc) is 2.91. The Bertz CT molecular complexity index is 1410. The Morgan fingerprint density at radius 1 is 0.625 bits per heavy atom. The van der Waals surface area contributed by atoms with Crippen LogP contribution in [0.4, 0.5) is 0 Å². The van der Waals surface area contributed by atoms with E-state index in [0.29, 0.717) is 11.1 Å². The van der Waals surface area contributed by atoms with Crippen molar-refractivity contribution < 1.29 is 66.7 Å². The number of esters is 7. The first-order valence-electron chi connectivity index (χ1n) is 15.5. The van der Waals surface area contributed by atoms with Crippen molar-refractivity contribution in [1.82, 2.24) is 0 Å². The van der Waals surface area contributed by atoms with Crippen LogP contribution in [0.5, 0.6) is 0 Å². The first-order chi connectivity index (χ1) is 22.1. The van der Waals surface area contributed by atoms with E-state index in [1.165, 1.54) is 33.8 Å². The molecule has 2 rings (SSSR count). The molecule has 0 fully saturated rings. The third-order valence-corrected chi connectivity index (χ3v) is 8.19. The van der Waals surface area contributed by atoms with Crippen LogP contribution in [0.15, 0.2) is 34.1 Å². The second-order valence-corrected chi connectivity index (χ2v) is 12.4. The van der Waals surface area contributed by atoms with Gasteiger partial charge in [0.25, 0.3) is 0 Å². The minimum Gasteiger partial charge on any atom is -0.461 e. The molecule has 14 nitrogen and oxygen atoms in total. The molecule has 0 radical (unpaired) electrons. The van der Waals surface area contributed by atoms with Gasteiger partial charge < -0.3 is 33.2 Å². The summed E-state index contributed by atoms with van der Waals surface area (Å²) in [5.41, 5.74) is 0.106. The number of rotatable bonds is 8. The van der Waals surface area contributed by atoms with Crippen molar-refractivity contribution in [1.29, 1.82) is 0 Å². The van der Waals surface area contributed by atoms with Crippen molar-refractivity contribution in [3.05, 3.63) is 34.1 Å². The molecule has 0 heterocycles. The van der Waals surface area contributed by atoms with Crippen LogP contribution < -0.4 is 0 Å². The van der Waals surface area contributed by atoms with Crippen LogP contribution in [0.2, 0.25) is 0 Å². The lowest BCUT2D eigenvalue weighted by molar-refractivity contribution is -0.156. The molecule has 0 aromatic heterocycles. The van der Waals surface area contributed by atoms with Crippen molar-refractivity contribution in [2.75, 3.05) is 6.61 Å². The molecule has 266 valence electrons. The van der Waals surface area contributed by atoms with Gasteiger partial charge in [0.1, 0.15) is 31.0 Å². The highest BCUT2D eigenvalue weighted by molar-refractivity contribution is 5.71. The third kappa shape index (κ3) is 10.5. The van der Waals surface area contributed by atoms with E-state index in [0.717, 1.165) is 27.7 Å². The molecule has 0 N–H and O–H groups in total. The molecule has 6 atom stereocenters. The summed E-state index contributed by atoms with van der Waals surface area (Å²) < 4.78 is 39.9. The largest absolute Gasteiger partial charge is 0.461 e. The summed E-state index contributed by atoms with van der Waals surface area (Å²) in [6, 6.07) is 0.